The maximum atomic E-state index is 13.1. The van der Waals surface area contributed by atoms with Crippen LogP contribution in [-0.4, -0.2) is 24.1 Å². The van der Waals surface area contributed by atoms with Crippen molar-refractivity contribution in [2.24, 2.45) is 0 Å². The third-order valence-electron chi connectivity index (χ3n) is 1.66. The molecule has 0 spiro atoms. The molecule has 6 heteroatoms. The minimum absolute atomic E-state index is 0.00500. The number of ether oxygens (including phenoxy) is 1. The summed E-state index contributed by atoms with van der Waals surface area (Å²) in [6.45, 7) is 0. The lowest BCUT2D eigenvalue weighted by Crippen LogP contribution is -2.36. The largest absolute Gasteiger partial charge is 0.464 e. The Morgan fingerprint density at radius 2 is 2.36 bits per heavy atom. The third kappa shape index (κ3) is 1.91. The number of carbonyl (C=O) groups is 1. The highest BCUT2D eigenvalue weighted by Crippen LogP contribution is 2.33. The Balaban J connectivity index is 2.88. The molecule has 0 aliphatic heterocycles. The quantitative estimate of drug-likeness (QED) is 0.790. The first-order valence-electron chi connectivity index (χ1n) is 3.66. The first kappa shape index (κ1) is 11.1. The molecule has 0 saturated heterocycles. The number of hydrogen-bond acceptors (Lipinski definition) is 4. The van der Waals surface area contributed by atoms with Gasteiger partial charge in [-0.1, -0.05) is 0 Å². The molecule has 1 rings (SSSR count). The molecular formula is C8H8F2O3S. The van der Waals surface area contributed by atoms with Crippen molar-refractivity contribution in [3.8, 4) is 0 Å². The number of carbonyl (C=O) groups excluding carboxylic acids is 1. The number of methoxy groups -OCH3 is 1. The summed E-state index contributed by atoms with van der Waals surface area (Å²) in [5, 5.41) is 12.1. The molecule has 0 amide bonds. The van der Waals surface area contributed by atoms with Crippen molar-refractivity contribution in [2.75, 3.05) is 7.11 Å². The molecule has 0 fully saturated rings. The molecule has 78 valence electrons. The molecule has 0 aromatic carbocycles. The van der Waals surface area contributed by atoms with Gasteiger partial charge in [0.2, 0.25) is 0 Å². The number of hydrogen-bond donors (Lipinski definition) is 1. The van der Waals surface area contributed by atoms with Gasteiger partial charge in [-0.2, -0.15) is 20.1 Å². The second kappa shape index (κ2) is 4.02. The second-order valence-electron chi connectivity index (χ2n) is 2.57. The van der Waals surface area contributed by atoms with Gasteiger partial charge in [-0.25, -0.2) is 4.79 Å². The highest BCUT2D eigenvalue weighted by Gasteiger charge is 2.48. The Morgan fingerprint density at radius 1 is 1.71 bits per heavy atom. The molecule has 1 unspecified atom stereocenters. The standard InChI is InChI=1S/C8H8F2O3S/c1-13-7(12)8(9,10)6(11)5-2-3-14-4-5/h2-4,6,11H,1H3. The van der Waals surface area contributed by atoms with Crippen LogP contribution < -0.4 is 0 Å². The van der Waals surface area contributed by atoms with Crippen molar-refractivity contribution in [3.05, 3.63) is 22.4 Å². The zero-order valence-corrected chi connectivity index (χ0v) is 8.05. The summed E-state index contributed by atoms with van der Waals surface area (Å²) in [4.78, 5) is 10.6. The van der Waals surface area contributed by atoms with Crippen LogP contribution in [0.4, 0.5) is 8.78 Å². The van der Waals surface area contributed by atoms with E-state index in [1.54, 1.807) is 0 Å². The Labute approximate surface area is 82.9 Å². The van der Waals surface area contributed by atoms with Crippen LogP contribution in [0.2, 0.25) is 0 Å². The zero-order chi connectivity index (χ0) is 10.8. The van der Waals surface area contributed by atoms with Crippen LogP contribution in [0.5, 0.6) is 0 Å². The number of rotatable bonds is 3. The fraction of sp³-hybridized carbons (Fsp3) is 0.375. The van der Waals surface area contributed by atoms with E-state index in [1.165, 1.54) is 16.8 Å². The number of esters is 1. The van der Waals surface area contributed by atoms with Gasteiger partial charge in [-0.15, -0.1) is 0 Å². The van der Waals surface area contributed by atoms with E-state index in [0.717, 1.165) is 18.4 Å². The summed E-state index contributed by atoms with van der Waals surface area (Å²) in [5.74, 6) is -5.65. The van der Waals surface area contributed by atoms with Crippen LogP contribution in [0.1, 0.15) is 11.7 Å². The van der Waals surface area contributed by atoms with Crippen molar-refractivity contribution in [1.29, 1.82) is 0 Å². The fourth-order valence-electron chi connectivity index (χ4n) is 0.888. The molecule has 1 N–H and O–H groups in total. The van der Waals surface area contributed by atoms with E-state index >= 15 is 0 Å². The Morgan fingerprint density at radius 3 is 2.79 bits per heavy atom. The summed E-state index contributed by atoms with van der Waals surface area (Å²) in [6, 6.07) is 1.33. The topological polar surface area (TPSA) is 46.5 Å². The zero-order valence-electron chi connectivity index (χ0n) is 7.24. The number of thiophene rings is 1. The fourth-order valence-corrected chi connectivity index (χ4v) is 1.57. The Hall–Kier alpha value is -1.01. The predicted octanol–water partition coefficient (Wildman–Crippen LogP) is 1.59. The molecule has 14 heavy (non-hydrogen) atoms. The maximum absolute atomic E-state index is 13.1. The van der Waals surface area contributed by atoms with Gasteiger partial charge in [0, 0.05) is 0 Å². The van der Waals surface area contributed by atoms with Gasteiger partial charge in [-0.05, 0) is 22.4 Å². The Kier molecular flexibility index (Phi) is 3.17. The van der Waals surface area contributed by atoms with Crippen LogP contribution in [0, 0.1) is 0 Å². The summed E-state index contributed by atoms with van der Waals surface area (Å²) in [6.07, 6.45) is -2.15. The minimum Gasteiger partial charge on any atom is -0.464 e. The number of aliphatic hydroxyl groups is 1. The van der Waals surface area contributed by atoms with Gasteiger partial charge in [0.1, 0.15) is 0 Å². The molecule has 1 aromatic rings. The van der Waals surface area contributed by atoms with E-state index in [0.29, 0.717) is 0 Å². The summed E-state index contributed by atoms with van der Waals surface area (Å²) in [7, 11) is 0.844. The molecule has 0 aliphatic carbocycles. The van der Waals surface area contributed by atoms with Gasteiger partial charge in [0.25, 0.3) is 0 Å². The molecule has 0 radical (unpaired) electrons. The number of halogens is 2. The minimum atomic E-state index is -3.91. The second-order valence-corrected chi connectivity index (χ2v) is 3.35. The van der Waals surface area contributed by atoms with Crippen LogP contribution in [-0.2, 0) is 9.53 Å². The SMILES string of the molecule is COC(=O)C(F)(F)C(O)c1ccsc1. The molecular weight excluding hydrogens is 214 g/mol. The average molecular weight is 222 g/mol. The summed E-state index contributed by atoms with van der Waals surface area (Å²) >= 11 is 1.16. The van der Waals surface area contributed by atoms with Gasteiger partial charge in [0.15, 0.2) is 6.10 Å². The van der Waals surface area contributed by atoms with Gasteiger partial charge in [-0.3, -0.25) is 0 Å². The van der Waals surface area contributed by atoms with Crippen molar-refractivity contribution in [2.45, 2.75) is 12.0 Å². The van der Waals surface area contributed by atoms with E-state index in [2.05, 4.69) is 4.74 Å². The van der Waals surface area contributed by atoms with Crippen LogP contribution in [0.25, 0.3) is 0 Å². The number of alkyl halides is 2. The molecule has 0 bridgehead atoms. The van der Waals surface area contributed by atoms with Crippen LogP contribution >= 0.6 is 11.3 Å². The lowest BCUT2D eigenvalue weighted by Gasteiger charge is -2.18. The predicted molar refractivity (Wildman–Crippen MR) is 46.2 cm³/mol. The lowest BCUT2D eigenvalue weighted by atomic mass is 10.1. The van der Waals surface area contributed by atoms with E-state index < -0.39 is 18.0 Å². The van der Waals surface area contributed by atoms with E-state index in [1.807, 2.05) is 0 Å². The third-order valence-corrected chi connectivity index (χ3v) is 2.36. The van der Waals surface area contributed by atoms with Gasteiger partial charge in [0.05, 0.1) is 7.11 Å². The Bertz CT molecular complexity index is 310. The number of aliphatic hydroxyl groups excluding tert-OH is 1. The van der Waals surface area contributed by atoms with E-state index in [9.17, 15) is 18.7 Å². The van der Waals surface area contributed by atoms with Crippen molar-refractivity contribution < 1.29 is 23.4 Å². The normalized spacial score (nSPS) is 13.7. The smallest absolute Gasteiger partial charge is 0.379 e. The van der Waals surface area contributed by atoms with Crippen LogP contribution in [0.15, 0.2) is 16.8 Å². The monoisotopic (exact) mass is 222 g/mol. The average Bonchev–Trinajstić information content (AvgIpc) is 2.67. The molecule has 1 heterocycles. The molecule has 3 nitrogen and oxygen atoms in total. The summed E-state index contributed by atoms with van der Waals surface area (Å²) < 4.78 is 30.0. The van der Waals surface area contributed by atoms with Crippen molar-refractivity contribution in [3.63, 3.8) is 0 Å². The molecule has 0 aliphatic rings. The first-order chi connectivity index (χ1) is 6.50. The molecule has 1 aromatic heterocycles. The first-order valence-corrected chi connectivity index (χ1v) is 4.60. The molecule has 0 saturated carbocycles. The highest BCUT2D eigenvalue weighted by molar-refractivity contribution is 7.07. The van der Waals surface area contributed by atoms with Gasteiger partial charge < -0.3 is 9.84 Å². The summed E-state index contributed by atoms with van der Waals surface area (Å²) in [5.41, 5.74) is 0.00500. The molecule has 1 atom stereocenters. The lowest BCUT2D eigenvalue weighted by molar-refractivity contribution is -0.186. The van der Waals surface area contributed by atoms with E-state index in [4.69, 9.17) is 0 Å². The van der Waals surface area contributed by atoms with Crippen molar-refractivity contribution >= 4 is 17.3 Å². The van der Waals surface area contributed by atoms with Gasteiger partial charge >= 0.3 is 11.9 Å². The maximum Gasteiger partial charge on any atom is 0.379 e. The van der Waals surface area contributed by atoms with Crippen LogP contribution in [0.3, 0.4) is 0 Å². The van der Waals surface area contributed by atoms with E-state index in [-0.39, 0.29) is 5.56 Å². The van der Waals surface area contributed by atoms with Crippen molar-refractivity contribution in [1.82, 2.24) is 0 Å². The highest BCUT2D eigenvalue weighted by atomic mass is 32.1.